The van der Waals surface area contributed by atoms with Crippen LogP contribution in [0, 0.1) is 13.8 Å². The van der Waals surface area contributed by atoms with Crippen LogP contribution in [0.2, 0.25) is 0 Å². The monoisotopic (exact) mass is 404 g/mol. The minimum atomic E-state index is -0.702. The van der Waals surface area contributed by atoms with Gasteiger partial charge in [0.25, 0.3) is 0 Å². The first-order chi connectivity index (χ1) is 11.4. The third-order valence-corrected chi connectivity index (χ3v) is 3.83. The van der Waals surface area contributed by atoms with E-state index in [9.17, 15) is 9.90 Å². The molecule has 6 nitrogen and oxygen atoms in total. The van der Waals surface area contributed by atoms with E-state index in [2.05, 4.69) is 15.0 Å². The number of esters is 1. The van der Waals surface area contributed by atoms with Crippen molar-refractivity contribution in [3.05, 3.63) is 52.7 Å². The topological polar surface area (TPSA) is 84.6 Å². The summed E-state index contributed by atoms with van der Waals surface area (Å²) in [4.78, 5) is 15.6. The lowest BCUT2D eigenvalue weighted by Crippen LogP contribution is -2.32. The predicted molar refractivity (Wildman–Crippen MR) is 104 cm³/mol. The minimum absolute atomic E-state index is 0. The quantitative estimate of drug-likeness (QED) is 0.689. The molecule has 0 bridgehead atoms. The van der Waals surface area contributed by atoms with Gasteiger partial charge >= 0.3 is 5.97 Å². The molecule has 0 amide bonds. The number of carbonyl (C=O) groups excluding carboxylic acids is 1. The number of nitrogens with zero attached hydrogens (tertiary/aromatic N) is 1. The summed E-state index contributed by atoms with van der Waals surface area (Å²) in [6, 6.07) is 7.49. The normalized spacial score (nSPS) is 12.5. The maximum atomic E-state index is 11.4. The van der Waals surface area contributed by atoms with Crippen LogP contribution < -0.4 is 5.32 Å². The van der Waals surface area contributed by atoms with Gasteiger partial charge in [0.2, 0.25) is 0 Å². The molecule has 0 fully saturated rings. The largest absolute Gasteiger partial charge is 0.465 e. The molecular formula is C18H26Cl2N2O4. The summed E-state index contributed by atoms with van der Waals surface area (Å²) in [6.45, 7) is 6.00. The molecule has 1 heterocycles. The Balaban J connectivity index is 0.00000312. The Morgan fingerprint density at radius 2 is 1.88 bits per heavy atom. The summed E-state index contributed by atoms with van der Waals surface area (Å²) in [5.41, 5.74) is 2.22. The van der Waals surface area contributed by atoms with Crippen molar-refractivity contribution in [1.82, 2.24) is 10.3 Å². The first-order valence-electron chi connectivity index (χ1n) is 7.93. The average Bonchev–Trinajstić information content (AvgIpc) is 2.91. The Bertz CT molecular complexity index is 689. The molecule has 0 spiro atoms. The number of hydrogen-bond acceptors (Lipinski definition) is 6. The number of aryl methyl sites for hydroxylation is 2. The molecular weight excluding hydrogens is 379 g/mol. The Morgan fingerprint density at radius 3 is 2.38 bits per heavy atom. The average molecular weight is 405 g/mol. The maximum absolute atomic E-state index is 11.4. The van der Waals surface area contributed by atoms with Crippen LogP contribution in [0.4, 0.5) is 0 Å². The number of nitrogens with one attached hydrogen (secondary N) is 1. The van der Waals surface area contributed by atoms with E-state index < -0.39 is 6.10 Å². The SMILES string of the molecule is COC(=O)c1ccc(CC(C)NCC(O)c2nc(C)oc2C)cc1.Cl.Cl. The summed E-state index contributed by atoms with van der Waals surface area (Å²) in [6.07, 6.45) is 0.0805. The molecule has 2 unspecified atom stereocenters. The predicted octanol–water partition coefficient (Wildman–Crippen LogP) is 3.18. The highest BCUT2D eigenvalue weighted by atomic mass is 35.5. The standard InChI is InChI=1S/C18H24N2O4.2ClH/c1-11(9-14-5-7-15(8-6-14)18(22)23-4)19-10-16(21)17-12(2)24-13(3)20-17;;/h5-8,11,16,19,21H,9-10H2,1-4H3;2*1H. The molecule has 1 aromatic carbocycles. The summed E-state index contributed by atoms with van der Waals surface area (Å²) in [5.74, 6) is 0.863. The van der Waals surface area contributed by atoms with Crippen molar-refractivity contribution in [1.29, 1.82) is 0 Å². The molecule has 2 N–H and O–H groups in total. The van der Waals surface area contributed by atoms with Crippen LogP contribution in [0.3, 0.4) is 0 Å². The molecule has 0 aliphatic heterocycles. The summed E-state index contributed by atoms with van der Waals surface area (Å²) >= 11 is 0. The lowest BCUT2D eigenvalue weighted by Gasteiger charge is -2.16. The van der Waals surface area contributed by atoms with Gasteiger partial charge in [0, 0.05) is 19.5 Å². The number of oxazole rings is 1. The second kappa shape index (κ2) is 11.2. The molecule has 2 atom stereocenters. The number of methoxy groups -OCH3 is 1. The van der Waals surface area contributed by atoms with Gasteiger partial charge in [-0.05, 0) is 38.0 Å². The fourth-order valence-corrected chi connectivity index (χ4v) is 2.58. The number of ether oxygens (including phenoxy) is 1. The number of aromatic nitrogens is 1. The highest BCUT2D eigenvalue weighted by Gasteiger charge is 2.17. The van der Waals surface area contributed by atoms with E-state index in [0.717, 1.165) is 12.0 Å². The van der Waals surface area contributed by atoms with E-state index in [1.807, 2.05) is 19.1 Å². The minimum Gasteiger partial charge on any atom is -0.465 e. The van der Waals surface area contributed by atoms with Gasteiger partial charge in [-0.1, -0.05) is 12.1 Å². The molecule has 0 aliphatic rings. The molecule has 0 saturated heterocycles. The Morgan fingerprint density at radius 1 is 1.27 bits per heavy atom. The summed E-state index contributed by atoms with van der Waals surface area (Å²) in [5, 5.41) is 13.5. The molecule has 0 radical (unpaired) electrons. The van der Waals surface area contributed by atoms with E-state index in [-0.39, 0.29) is 36.8 Å². The fourth-order valence-electron chi connectivity index (χ4n) is 2.58. The van der Waals surface area contributed by atoms with E-state index in [1.54, 1.807) is 26.0 Å². The van der Waals surface area contributed by atoms with Crippen molar-refractivity contribution in [2.75, 3.05) is 13.7 Å². The number of aliphatic hydroxyl groups is 1. The van der Waals surface area contributed by atoms with Gasteiger partial charge < -0.3 is 19.6 Å². The smallest absolute Gasteiger partial charge is 0.337 e. The highest BCUT2D eigenvalue weighted by molar-refractivity contribution is 5.89. The second-order valence-corrected chi connectivity index (χ2v) is 5.89. The van der Waals surface area contributed by atoms with Crippen LogP contribution >= 0.6 is 24.8 Å². The molecule has 26 heavy (non-hydrogen) atoms. The molecule has 8 heteroatoms. The molecule has 0 saturated carbocycles. The van der Waals surface area contributed by atoms with Crippen molar-refractivity contribution in [2.45, 2.75) is 39.3 Å². The first kappa shape index (κ1) is 24.4. The van der Waals surface area contributed by atoms with Crippen molar-refractivity contribution < 1.29 is 19.1 Å². The van der Waals surface area contributed by atoms with Gasteiger partial charge in [-0.15, -0.1) is 24.8 Å². The zero-order valence-corrected chi connectivity index (χ0v) is 16.9. The Kier molecular flexibility index (Phi) is 10.5. The van der Waals surface area contributed by atoms with Crippen molar-refractivity contribution >= 4 is 30.8 Å². The lowest BCUT2D eigenvalue weighted by molar-refractivity contribution is 0.0600. The lowest BCUT2D eigenvalue weighted by atomic mass is 10.0. The number of rotatable bonds is 7. The van der Waals surface area contributed by atoms with Gasteiger partial charge in [0.1, 0.15) is 17.6 Å². The van der Waals surface area contributed by atoms with E-state index in [0.29, 0.717) is 29.5 Å². The second-order valence-electron chi connectivity index (χ2n) is 5.89. The highest BCUT2D eigenvalue weighted by Crippen LogP contribution is 2.17. The number of hydrogen-bond donors (Lipinski definition) is 2. The Labute approximate surface area is 166 Å². The van der Waals surface area contributed by atoms with Crippen LogP contribution in [0.1, 0.15) is 46.3 Å². The Hall–Kier alpha value is -1.60. The van der Waals surface area contributed by atoms with Crippen molar-refractivity contribution in [3.63, 3.8) is 0 Å². The van der Waals surface area contributed by atoms with Crippen LogP contribution in [0.5, 0.6) is 0 Å². The van der Waals surface area contributed by atoms with Crippen molar-refractivity contribution in [3.8, 4) is 0 Å². The molecule has 146 valence electrons. The van der Waals surface area contributed by atoms with Crippen LogP contribution in [-0.2, 0) is 11.2 Å². The van der Waals surface area contributed by atoms with E-state index >= 15 is 0 Å². The molecule has 2 rings (SSSR count). The van der Waals surface area contributed by atoms with E-state index in [1.165, 1.54) is 7.11 Å². The molecule has 1 aromatic heterocycles. The zero-order valence-electron chi connectivity index (χ0n) is 15.3. The fraction of sp³-hybridized carbons (Fsp3) is 0.444. The van der Waals surface area contributed by atoms with Gasteiger partial charge in [0.05, 0.1) is 12.7 Å². The molecule has 0 aliphatic carbocycles. The van der Waals surface area contributed by atoms with Gasteiger partial charge in [0.15, 0.2) is 5.89 Å². The zero-order chi connectivity index (χ0) is 17.7. The number of carbonyl (C=O) groups is 1. The summed E-state index contributed by atoms with van der Waals surface area (Å²) < 4.78 is 10.0. The number of halogens is 2. The van der Waals surface area contributed by atoms with Crippen LogP contribution in [0.25, 0.3) is 0 Å². The van der Waals surface area contributed by atoms with Crippen molar-refractivity contribution in [2.24, 2.45) is 0 Å². The third kappa shape index (κ3) is 6.61. The molecule has 2 aromatic rings. The van der Waals surface area contributed by atoms with Crippen LogP contribution in [-0.4, -0.2) is 35.8 Å². The third-order valence-electron chi connectivity index (χ3n) is 3.83. The summed E-state index contributed by atoms with van der Waals surface area (Å²) in [7, 11) is 1.37. The first-order valence-corrected chi connectivity index (χ1v) is 7.93. The van der Waals surface area contributed by atoms with Gasteiger partial charge in [-0.25, -0.2) is 9.78 Å². The number of aliphatic hydroxyl groups excluding tert-OH is 1. The van der Waals surface area contributed by atoms with Gasteiger partial charge in [-0.2, -0.15) is 0 Å². The van der Waals surface area contributed by atoms with Crippen LogP contribution in [0.15, 0.2) is 28.7 Å². The van der Waals surface area contributed by atoms with E-state index in [4.69, 9.17) is 4.42 Å². The van der Waals surface area contributed by atoms with Gasteiger partial charge in [-0.3, -0.25) is 0 Å². The number of benzene rings is 1. The maximum Gasteiger partial charge on any atom is 0.337 e.